The maximum atomic E-state index is 12.5. The molecule has 0 aliphatic rings. The van der Waals surface area contributed by atoms with Gasteiger partial charge in [-0.05, 0) is 48.9 Å². The summed E-state index contributed by atoms with van der Waals surface area (Å²) in [5.41, 5.74) is 1.01. The van der Waals surface area contributed by atoms with Crippen LogP contribution in [0.2, 0.25) is 10.0 Å². The predicted octanol–water partition coefficient (Wildman–Crippen LogP) is 5.11. The molecule has 1 N–H and O–H groups in total. The van der Waals surface area contributed by atoms with Gasteiger partial charge in [0.1, 0.15) is 17.4 Å². The number of methoxy groups -OCH3 is 1. The van der Waals surface area contributed by atoms with E-state index in [1.54, 1.807) is 6.07 Å². The summed E-state index contributed by atoms with van der Waals surface area (Å²) in [4.78, 5) is 24.0. The van der Waals surface area contributed by atoms with Gasteiger partial charge in [-0.2, -0.15) is 5.26 Å². The topological polar surface area (TPSA) is 88.4 Å². The molecule has 2 aromatic carbocycles. The molecule has 0 bridgehead atoms. The van der Waals surface area contributed by atoms with Crippen LogP contribution >= 0.6 is 23.2 Å². The van der Waals surface area contributed by atoms with Crippen LogP contribution in [-0.4, -0.2) is 25.6 Å². The average molecular weight is 433 g/mol. The Labute approximate surface area is 178 Å². The number of ether oxygens (including phenoxy) is 2. The van der Waals surface area contributed by atoms with Crippen LogP contribution in [0.3, 0.4) is 0 Å². The number of hydrogen-bond acceptors (Lipinski definition) is 5. The molecular weight excluding hydrogens is 415 g/mol. The predicted molar refractivity (Wildman–Crippen MR) is 112 cm³/mol. The summed E-state index contributed by atoms with van der Waals surface area (Å²) in [7, 11) is 1.28. The minimum atomic E-state index is -0.629. The van der Waals surface area contributed by atoms with Gasteiger partial charge in [-0.15, -0.1) is 0 Å². The fraction of sp³-hybridized carbons (Fsp3) is 0.190. The molecule has 2 aromatic rings. The van der Waals surface area contributed by atoms with Crippen molar-refractivity contribution in [1.82, 2.24) is 0 Å². The number of halogens is 2. The molecule has 0 unspecified atom stereocenters. The number of amides is 1. The monoisotopic (exact) mass is 432 g/mol. The molecule has 8 heteroatoms. The number of nitriles is 1. The van der Waals surface area contributed by atoms with Crippen LogP contribution in [0.1, 0.15) is 29.3 Å². The van der Waals surface area contributed by atoms with Gasteiger partial charge < -0.3 is 14.8 Å². The minimum absolute atomic E-state index is 0.165. The molecule has 0 aliphatic carbocycles. The van der Waals surface area contributed by atoms with Crippen molar-refractivity contribution < 1.29 is 19.1 Å². The van der Waals surface area contributed by atoms with E-state index in [-0.39, 0.29) is 10.6 Å². The molecule has 0 saturated heterocycles. The number of nitrogens with zero attached hydrogens (tertiary/aromatic N) is 1. The van der Waals surface area contributed by atoms with E-state index in [0.717, 1.165) is 6.42 Å². The Morgan fingerprint density at radius 1 is 1.21 bits per heavy atom. The van der Waals surface area contributed by atoms with E-state index in [1.165, 1.54) is 43.5 Å². The molecular formula is C21H18Cl2N2O4. The standard InChI is InChI=1S/C21H18Cl2N2O4/c1-3-8-29-19-14(10-16(22)11-18(19)23)9-15(12-24)20(26)25-17-6-4-13(5-7-17)21(27)28-2/h4-7,9-11H,3,8H2,1-2H3,(H,25,26)/b15-9+. The number of carbonyl (C=O) groups is 2. The number of rotatable bonds is 7. The maximum absolute atomic E-state index is 12.5. The molecule has 0 atom stereocenters. The van der Waals surface area contributed by atoms with E-state index in [9.17, 15) is 14.9 Å². The number of esters is 1. The quantitative estimate of drug-likeness (QED) is 0.372. The zero-order valence-electron chi connectivity index (χ0n) is 15.8. The summed E-state index contributed by atoms with van der Waals surface area (Å²) in [6.07, 6.45) is 2.12. The van der Waals surface area contributed by atoms with Crippen LogP contribution in [0.5, 0.6) is 5.75 Å². The molecule has 6 nitrogen and oxygen atoms in total. The first kappa shape index (κ1) is 22.3. The Bertz CT molecular complexity index is 979. The van der Waals surface area contributed by atoms with E-state index < -0.39 is 11.9 Å². The lowest BCUT2D eigenvalue weighted by molar-refractivity contribution is -0.112. The first-order valence-electron chi connectivity index (χ1n) is 8.63. The van der Waals surface area contributed by atoms with Crippen molar-refractivity contribution in [2.75, 3.05) is 19.0 Å². The van der Waals surface area contributed by atoms with Gasteiger partial charge in [0.2, 0.25) is 0 Å². The van der Waals surface area contributed by atoms with Crippen molar-refractivity contribution in [3.8, 4) is 11.8 Å². The van der Waals surface area contributed by atoms with Crippen LogP contribution < -0.4 is 10.1 Å². The van der Waals surface area contributed by atoms with Crippen LogP contribution in [0, 0.1) is 11.3 Å². The van der Waals surface area contributed by atoms with Gasteiger partial charge in [0.25, 0.3) is 5.91 Å². The van der Waals surface area contributed by atoms with Gasteiger partial charge in [0.05, 0.1) is 24.3 Å². The molecule has 0 aromatic heterocycles. The average Bonchev–Trinajstić information content (AvgIpc) is 2.71. The van der Waals surface area contributed by atoms with Gasteiger partial charge in [0.15, 0.2) is 0 Å². The Balaban J connectivity index is 2.29. The van der Waals surface area contributed by atoms with Crippen LogP contribution in [-0.2, 0) is 9.53 Å². The number of hydrogen-bond donors (Lipinski definition) is 1. The van der Waals surface area contributed by atoms with Crippen LogP contribution in [0.25, 0.3) is 6.08 Å². The molecule has 29 heavy (non-hydrogen) atoms. The van der Waals surface area contributed by atoms with Crippen molar-refractivity contribution in [1.29, 1.82) is 5.26 Å². The third-order valence-corrected chi connectivity index (χ3v) is 4.22. The second-order valence-corrected chi connectivity index (χ2v) is 6.69. The summed E-state index contributed by atoms with van der Waals surface area (Å²) in [5, 5.41) is 12.7. The summed E-state index contributed by atoms with van der Waals surface area (Å²) in [5.74, 6) is -0.769. The third kappa shape index (κ3) is 5.98. The van der Waals surface area contributed by atoms with Crippen molar-refractivity contribution >= 4 is 46.8 Å². The normalized spacial score (nSPS) is 10.8. The number of benzene rings is 2. The number of carbonyl (C=O) groups excluding carboxylic acids is 2. The summed E-state index contributed by atoms with van der Waals surface area (Å²) < 4.78 is 10.3. The van der Waals surface area contributed by atoms with Gasteiger partial charge in [-0.3, -0.25) is 4.79 Å². The van der Waals surface area contributed by atoms with E-state index >= 15 is 0 Å². The Morgan fingerprint density at radius 2 is 1.90 bits per heavy atom. The van der Waals surface area contributed by atoms with Crippen molar-refractivity contribution in [3.05, 3.63) is 63.1 Å². The van der Waals surface area contributed by atoms with Gasteiger partial charge in [0, 0.05) is 16.3 Å². The lowest BCUT2D eigenvalue weighted by Crippen LogP contribution is -2.13. The highest BCUT2D eigenvalue weighted by Gasteiger charge is 2.15. The molecule has 0 heterocycles. The molecule has 0 aliphatic heterocycles. The highest BCUT2D eigenvalue weighted by atomic mass is 35.5. The smallest absolute Gasteiger partial charge is 0.337 e. The largest absolute Gasteiger partial charge is 0.491 e. The van der Waals surface area contributed by atoms with Crippen LogP contribution in [0.4, 0.5) is 5.69 Å². The summed E-state index contributed by atoms with van der Waals surface area (Å²) >= 11 is 12.3. The molecule has 0 fully saturated rings. The molecule has 0 spiro atoms. The van der Waals surface area contributed by atoms with Gasteiger partial charge in [-0.25, -0.2) is 4.79 Å². The first-order valence-corrected chi connectivity index (χ1v) is 9.38. The SMILES string of the molecule is CCCOc1c(Cl)cc(Cl)cc1/C=C(\C#N)C(=O)Nc1ccc(C(=O)OC)cc1. The molecule has 1 amide bonds. The number of nitrogens with one attached hydrogen (secondary N) is 1. The highest BCUT2D eigenvalue weighted by Crippen LogP contribution is 2.34. The summed E-state index contributed by atoms with van der Waals surface area (Å²) in [6, 6.07) is 11.0. The lowest BCUT2D eigenvalue weighted by atomic mass is 10.1. The van der Waals surface area contributed by atoms with Gasteiger partial charge in [-0.1, -0.05) is 30.1 Å². The molecule has 150 valence electrons. The molecule has 2 rings (SSSR count). The van der Waals surface area contributed by atoms with Gasteiger partial charge >= 0.3 is 5.97 Å². The van der Waals surface area contributed by atoms with E-state index in [1.807, 2.05) is 13.0 Å². The molecule has 0 saturated carbocycles. The van der Waals surface area contributed by atoms with Crippen molar-refractivity contribution in [2.45, 2.75) is 13.3 Å². The first-order chi connectivity index (χ1) is 13.9. The third-order valence-electron chi connectivity index (χ3n) is 3.72. The molecule has 0 radical (unpaired) electrons. The maximum Gasteiger partial charge on any atom is 0.337 e. The fourth-order valence-corrected chi connectivity index (χ4v) is 2.92. The second-order valence-electron chi connectivity index (χ2n) is 5.85. The van der Waals surface area contributed by atoms with E-state index in [2.05, 4.69) is 10.1 Å². The summed E-state index contributed by atoms with van der Waals surface area (Å²) in [6.45, 7) is 2.36. The minimum Gasteiger partial charge on any atom is -0.491 e. The second kappa shape index (κ2) is 10.5. The van der Waals surface area contributed by atoms with Crippen molar-refractivity contribution in [2.24, 2.45) is 0 Å². The van der Waals surface area contributed by atoms with Crippen LogP contribution in [0.15, 0.2) is 42.0 Å². The fourth-order valence-electron chi connectivity index (χ4n) is 2.35. The van der Waals surface area contributed by atoms with E-state index in [0.29, 0.717) is 34.2 Å². The highest BCUT2D eigenvalue weighted by molar-refractivity contribution is 6.36. The Kier molecular flexibility index (Phi) is 8.08. The number of anilines is 1. The van der Waals surface area contributed by atoms with E-state index in [4.69, 9.17) is 27.9 Å². The van der Waals surface area contributed by atoms with Crippen molar-refractivity contribution in [3.63, 3.8) is 0 Å². The Hall–Kier alpha value is -3.01. The zero-order chi connectivity index (χ0) is 21.4. The Morgan fingerprint density at radius 3 is 2.48 bits per heavy atom. The zero-order valence-corrected chi connectivity index (χ0v) is 17.3. The lowest BCUT2D eigenvalue weighted by Gasteiger charge is -2.12.